The summed E-state index contributed by atoms with van der Waals surface area (Å²) in [6.45, 7) is 4.87. The van der Waals surface area contributed by atoms with E-state index in [1.807, 2.05) is 65.7 Å². The van der Waals surface area contributed by atoms with Crippen molar-refractivity contribution < 1.29 is 42.2 Å². The summed E-state index contributed by atoms with van der Waals surface area (Å²) >= 11 is 0. The van der Waals surface area contributed by atoms with Crippen molar-refractivity contribution in [3.05, 3.63) is 95.7 Å². The molecule has 1 aromatic heterocycles. The van der Waals surface area contributed by atoms with Crippen molar-refractivity contribution in [2.45, 2.75) is 64.1 Å². The molecule has 5 rings (SSSR count). The van der Waals surface area contributed by atoms with E-state index in [4.69, 9.17) is 14.6 Å². The summed E-state index contributed by atoms with van der Waals surface area (Å²) in [7, 11) is 1.41. The first-order valence-corrected chi connectivity index (χ1v) is 17.8. The predicted octanol–water partition coefficient (Wildman–Crippen LogP) is 6.99. The lowest BCUT2D eigenvalue weighted by molar-refractivity contribution is -0.192. The molecule has 1 fully saturated rings. The second kappa shape index (κ2) is 20.2. The zero-order valence-electron chi connectivity index (χ0n) is 29.9. The summed E-state index contributed by atoms with van der Waals surface area (Å²) in [6, 6.07) is 24.1. The zero-order valence-corrected chi connectivity index (χ0v) is 29.9. The van der Waals surface area contributed by atoms with Crippen molar-refractivity contribution in [2.24, 2.45) is 0 Å². The van der Waals surface area contributed by atoms with Crippen molar-refractivity contribution in [3.63, 3.8) is 0 Å². The summed E-state index contributed by atoms with van der Waals surface area (Å²) in [5.41, 5.74) is 5.87. The minimum absolute atomic E-state index is 0.0589. The minimum Gasteiger partial charge on any atom is -0.475 e. The molecule has 13 heteroatoms. The topological polar surface area (TPSA) is 132 Å². The van der Waals surface area contributed by atoms with E-state index >= 15 is 0 Å². The van der Waals surface area contributed by atoms with Crippen LogP contribution in [0.4, 0.5) is 13.2 Å². The lowest BCUT2D eigenvalue weighted by atomic mass is 10.0. The maximum atomic E-state index is 13.6. The van der Waals surface area contributed by atoms with Crippen molar-refractivity contribution in [3.8, 4) is 11.1 Å². The molecule has 53 heavy (non-hydrogen) atoms. The van der Waals surface area contributed by atoms with Gasteiger partial charge in [0.25, 0.3) is 5.91 Å². The summed E-state index contributed by atoms with van der Waals surface area (Å²) in [5, 5.41) is 11.3. The lowest BCUT2D eigenvalue weighted by Crippen LogP contribution is -2.33. The van der Waals surface area contributed by atoms with Gasteiger partial charge in [0.15, 0.2) is 0 Å². The number of aromatic amines is 1. The smallest absolute Gasteiger partial charge is 0.475 e. The fourth-order valence-electron chi connectivity index (χ4n) is 6.23. The Morgan fingerprint density at radius 3 is 2.32 bits per heavy atom. The third-order valence-corrected chi connectivity index (χ3v) is 9.09. The van der Waals surface area contributed by atoms with Crippen molar-refractivity contribution >= 4 is 34.7 Å². The minimum atomic E-state index is -5.08. The standard InChI is InChI=1S/C38H46N4O4.C2HF3O2/c1-46-37(44)17-3-2-6-23-42(36(43)19-18-33-27-40-35-16-5-4-15-34(33)35)28-29-11-9-12-30(25-29)31-13-10-14-32(26-31)38(45)39-20-24-41-21-7-8-22-41;3-2(4,5)1(6)7/h4-5,9-16,25-27,40H,2-3,6-8,17-24,28H2,1H3,(H,39,45);(H,6,7). The molecular formula is C40H47F3N4O6. The molecule has 1 aliphatic heterocycles. The Bertz CT molecular complexity index is 1820. The van der Waals surface area contributed by atoms with Gasteiger partial charge in [0.05, 0.1) is 7.11 Å². The zero-order chi connectivity index (χ0) is 38.2. The molecule has 0 saturated carbocycles. The number of rotatable bonds is 16. The van der Waals surface area contributed by atoms with Crippen LogP contribution in [-0.2, 0) is 32.1 Å². The number of ether oxygens (including phenoxy) is 1. The average Bonchev–Trinajstić information content (AvgIpc) is 3.83. The Labute approximate surface area is 307 Å². The monoisotopic (exact) mass is 736 g/mol. The number of aryl methyl sites for hydroxylation is 1. The van der Waals surface area contributed by atoms with E-state index in [2.05, 4.69) is 33.4 Å². The van der Waals surface area contributed by atoms with Crippen LogP contribution in [0.5, 0.6) is 0 Å². The lowest BCUT2D eigenvalue weighted by Gasteiger charge is -2.23. The van der Waals surface area contributed by atoms with Crippen molar-refractivity contribution in [1.82, 2.24) is 20.1 Å². The van der Waals surface area contributed by atoms with Gasteiger partial charge in [-0.1, -0.05) is 55.0 Å². The highest BCUT2D eigenvalue weighted by Crippen LogP contribution is 2.24. The van der Waals surface area contributed by atoms with Crippen molar-refractivity contribution in [2.75, 3.05) is 39.8 Å². The normalized spacial score (nSPS) is 12.9. The molecule has 10 nitrogen and oxygen atoms in total. The number of unbranched alkanes of at least 4 members (excludes halogenated alkanes) is 2. The number of likely N-dealkylation sites (tertiary alicyclic amines) is 1. The maximum absolute atomic E-state index is 13.6. The van der Waals surface area contributed by atoms with Crippen LogP contribution in [0.3, 0.4) is 0 Å². The molecule has 0 spiro atoms. The number of fused-ring (bicyclic) bond motifs is 1. The Hall–Kier alpha value is -5.17. The molecule has 284 valence electrons. The highest BCUT2D eigenvalue weighted by molar-refractivity contribution is 5.95. The van der Waals surface area contributed by atoms with Crippen LogP contribution >= 0.6 is 0 Å². The number of alkyl halides is 3. The van der Waals surface area contributed by atoms with Gasteiger partial charge >= 0.3 is 18.1 Å². The summed E-state index contributed by atoms with van der Waals surface area (Å²) in [6.07, 6.45) is 3.25. The first-order chi connectivity index (χ1) is 25.4. The van der Waals surface area contributed by atoms with E-state index in [-0.39, 0.29) is 17.8 Å². The third-order valence-electron chi connectivity index (χ3n) is 9.09. The number of halogens is 3. The van der Waals surface area contributed by atoms with Crippen LogP contribution in [0.25, 0.3) is 22.0 Å². The number of hydrogen-bond acceptors (Lipinski definition) is 6. The van der Waals surface area contributed by atoms with Gasteiger partial charge < -0.3 is 29.9 Å². The molecular weight excluding hydrogens is 689 g/mol. The number of aliphatic carboxylic acids is 1. The third kappa shape index (κ3) is 13.1. The van der Waals surface area contributed by atoms with Gasteiger partial charge in [-0.2, -0.15) is 13.2 Å². The van der Waals surface area contributed by atoms with E-state index in [1.165, 1.54) is 20.0 Å². The van der Waals surface area contributed by atoms with Gasteiger partial charge in [0.2, 0.25) is 5.91 Å². The number of carboxylic acids is 1. The SMILES string of the molecule is COC(=O)CCCCCN(Cc1cccc(-c2cccc(C(=O)NCCN3CCCC3)c2)c1)C(=O)CCc1c[nH]c2ccccc12.O=C(O)C(F)(F)F. The molecule has 0 atom stereocenters. The van der Waals surface area contributed by atoms with Crippen LogP contribution in [0.2, 0.25) is 0 Å². The van der Waals surface area contributed by atoms with E-state index in [0.29, 0.717) is 44.5 Å². The fourth-order valence-corrected chi connectivity index (χ4v) is 6.23. The van der Waals surface area contributed by atoms with Crippen LogP contribution in [0, 0.1) is 0 Å². The molecule has 0 unspecified atom stereocenters. The Balaban J connectivity index is 0.000000815. The van der Waals surface area contributed by atoms with E-state index < -0.39 is 12.1 Å². The molecule has 3 N–H and O–H groups in total. The predicted molar refractivity (Wildman–Crippen MR) is 196 cm³/mol. The Morgan fingerprint density at radius 2 is 1.60 bits per heavy atom. The maximum Gasteiger partial charge on any atom is 0.490 e. The quantitative estimate of drug-likeness (QED) is 0.0835. The molecule has 1 saturated heterocycles. The average molecular weight is 737 g/mol. The summed E-state index contributed by atoms with van der Waals surface area (Å²) in [4.78, 5) is 54.6. The van der Waals surface area contributed by atoms with Crippen LogP contribution < -0.4 is 5.32 Å². The fraction of sp³-hybridized carbons (Fsp3) is 0.400. The molecule has 2 heterocycles. The highest BCUT2D eigenvalue weighted by atomic mass is 19.4. The number of hydrogen-bond donors (Lipinski definition) is 3. The highest BCUT2D eigenvalue weighted by Gasteiger charge is 2.38. The molecule has 3 aromatic carbocycles. The number of benzene rings is 3. The summed E-state index contributed by atoms with van der Waals surface area (Å²) < 4.78 is 36.5. The first kappa shape index (κ1) is 40.6. The number of para-hydroxylation sites is 1. The van der Waals surface area contributed by atoms with Crippen LogP contribution in [0.15, 0.2) is 79.0 Å². The Kier molecular flexibility index (Phi) is 15.5. The number of carbonyl (C=O) groups is 4. The largest absolute Gasteiger partial charge is 0.490 e. The van der Waals surface area contributed by atoms with Crippen LogP contribution in [0.1, 0.15) is 66.4 Å². The number of esters is 1. The number of carbonyl (C=O) groups excluding carboxylic acids is 3. The van der Waals surface area contributed by atoms with Gasteiger partial charge in [-0.15, -0.1) is 0 Å². The number of amides is 2. The second-order valence-corrected chi connectivity index (χ2v) is 13.0. The number of carboxylic acid groups (broad SMARTS) is 1. The molecule has 0 radical (unpaired) electrons. The van der Waals surface area contributed by atoms with Gasteiger partial charge in [-0.05, 0) is 91.7 Å². The number of nitrogens with one attached hydrogen (secondary N) is 2. The van der Waals surface area contributed by atoms with E-state index in [9.17, 15) is 27.6 Å². The molecule has 4 aromatic rings. The molecule has 0 bridgehead atoms. The van der Waals surface area contributed by atoms with E-state index in [1.54, 1.807) is 0 Å². The van der Waals surface area contributed by atoms with Crippen molar-refractivity contribution in [1.29, 1.82) is 0 Å². The second-order valence-electron chi connectivity index (χ2n) is 13.0. The van der Waals surface area contributed by atoms with Crippen LogP contribution in [-0.4, -0.2) is 89.7 Å². The summed E-state index contributed by atoms with van der Waals surface area (Å²) in [5.74, 6) is -2.91. The van der Waals surface area contributed by atoms with E-state index in [0.717, 1.165) is 72.1 Å². The van der Waals surface area contributed by atoms with Gasteiger partial charge in [0.1, 0.15) is 0 Å². The molecule has 1 aliphatic rings. The number of H-pyrrole nitrogens is 1. The van der Waals surface area contributed by atoms with Gasteiger partial charge in [-0.25, -0.2) is 4.79 Å². The first-order valence-electron chi connectivity index (χ1n) is 17.8. The molecule has 0 aliphatic carbocycles. The van der Waals surface area contributed by atoms with Gasteiger partial charge in [0, 0.05) is 61.7 Å². The van der Waals surface area contributed by atoms with Gasteiger partial charge in [-0.3, -0.25) is 14.4 Å². The molecule has 2 amide bonds. The number of aromatic nitrogens is 1. The Morgan fingerprint density at radius 1 is 0.906 bits per heavy atom. The number of nitrogens with zero attached hydrogens (tertiary/aromatic N) is 2. The number of methoxy groups -OCH3 is 1.